The Hall–Kier alpha value is -2.65. The number of carbonyl (C=O) groups is 1. The summed E-state index contributed by atoms with van der Waals surface area (Å²) in [6, 6.07) is 15.4. The molecule has 23 heavy (non-hydrogen) atoms. The van der Waals surface area contributed by atoms with Crippen molar-refractivity contribution >= 4 is 21.4 Å². The largest absolute Gasteiger partial charge is 0.325 e. The van der Waals surface area contributed by atoms with Gasteiger partial charge in [0.1, 0.15) is 5.75 Å². The Labute approximate surface area is 135 Å². The normalized spacial score (nSPS) is 10.8. The Morgan fingerprint density at radius 3 is 2.48 bits per heavy atom. The van der Waals surface area contributed by atoms with Crippen molar-refractivity contribution in [3.8, 4) is 6.07 Å². The number of amides is 1. The summed E-state index contributed by atoms with van der Waals surface area (Å²) in [5, 5.41) is 11.3. The molecule has 0 bridgehead atoms. The Morgan fingerprint density at radius 2 is 1.87 bits per heavy atom. The summed E-state index contributed by atoms with van der Waals surface area (Å²) in [5.74, 6) is -1.38. The number of aryl methyl sites for hydroxylation is 1. The molecular weight excluding hydrogens is 312 g/mol. The van der Waals surface area contributed by atoms with E-state index in [1.54, 1.807) is 42.5 Å². The van der Waals surface area contributed by atoms with Crippen molar-refractivity contribution in [3.05, 3.63) is 65.2 Å². The molecule has 2 aromatic rings. The van der Waals surface area contributed by atoms with Gasteiger partial charge in [-0.25, -0.2) is 8.42 Å². The van der Waals surface area contributed by atoms with Gasteiger partial charge in [-0.2, -0.15) is 5.26 Å². The number of sulfone groups is 1. The molecule has 5 nitrogen and oxygen atoms in total. The zero-order valence-corrected chi connectivity index (χ0v) is 13.4. The topological polar surface area (TPSA) is 87.0 Å². The fraction of sp³-hybridized carbons (Fsp3) is 0.176. The van der Waals surface area contributed by atoms with Gasteiger partial charge in [0.15, 0.2) is 9.84 Å². The molecule has 0 radical (unpaired) electrons. The highest BCUT2D eigenvalue weighted by Gasteiger charge is 2.17. The second-order valence-electron chi connectivity index (χ2n) is 5.26. The fourth-order valence-corrected chi connectivity index (χ4v) is 3.37. The lowest BCUT2D eigenvalue weighted by Crippen LogP contribution is -2.24. The third kappa shape index (κ3) is 5.24. The maximum Gasteiger partial charge on any atom is 0.239 e. The Kier molecular flexibility index (Phi) is 5.14. The van der Waals surface area contributed by atoms with Gasteiger partial charge in [-0.15, -0.1) is 0 Å². The van der Waals surface area contributed by atoms with Crippen LogP contribution in [0, 0.1) is 18.3 Å². The minimum atomic E-state index is -3.58. The number of nitrogens with one attached hydrogen (secondary N) is 1. The molecule has 0 fully saturated rings. The highest BCUT2D eigenvalue weighted by atomic mass is 32.2. The third-order valence-electron chi connectivity index (χ3n) is 3.12. The van der Waals surface area contributed by atoms with Crippen LogP contribution in [0.1, 0.15) is 16.7 Å². The van der Waals surface area contributed by atoms with Crippen LogP contribution in [0.4, 0.5) is 5.69 Å². The second-order valence-corrected chi connectivity index (χ2v) is 7.32. The molecule has 0 aliphatic heterocycles. The molecule has 0 atom stereocenters. The van der Waals surface area contributed by atoms with Crippen molar-refractivity contribution in [2.75, 3.05) is 11.1 Å². The summed E-state index contributed by atoms with van der Waals surface area (Å²) in [5.41, 5.74) is 2.56. The molecule has 6 heteroatoms. The minimum absolute atomic E-state index is 0.236. The van der Waals surface area contributed by atoms with Crippen LogP contribution in [0.25, 0.3) is 0 Å². The fourth-order valence-electron chi connectivity index (χ4n) is 2.10. The van der Waals surface area contributed by atoms with Crippen molar-refractivity contribution in [1.82, 2.24) is 0 Å². The molecule has 1 amide bonds. The van der Waals surface area contributed by atoms with Gasteiger partial charge in [-0.05, 0) is 42.3 Å². The monoisotopic (exact) mass is 328 g/mol. The molecule has 0 spiro atoms. The van der Waals surface area contributed by atoms with Crippen LogP contribution in [0.3, 0.4) is 0 Å². The highest BCUT2D eigenvalue weighted by molar-refractivity contribution is 7.91. The Balaban J connectivity index is 1.99. The van der Waals surface area contributed by atoms with Gasteiger partial charge in [0.05, 0.1) is 17.4 Å². The predicted molar refractivity (Wildman–Crippen MR) is 88.5 cm³/mol. The van der Waals surface area contributed by atoms with E-state index in [0.29, 0.717) is 16.8 Å². The average molecular weight is 328 g/mol. The smallest absolute Gasteiger partial charge is 0.239 e. The third-order valence-corrected chi connectivity index (χ3v) is 4.60. The molecule has 0 unspecified atom stereocenters. The van der Waals surface area contributed by atoms with Crippen LogP contribution in [0.15, 0.2) is 48.5 Å². The van der Waals surface area contributed by atoms with Gasteiger partial charge >= 0.3 is 0 Å². The van der Waals surface area contributed by atoms with Gasteiger partial charge in [0.25, 0.3) is 0 Å². The molecule has 0 aliphatic carbocycles. The van der Waals surface area contributed by atoms with Crippen LogP contribution < -0.4 is 5.32 Å². The van der Waals surface area contributed by atoms with Crippen molar-refractivity contribution < 1.29 is 13.2 Å². The molecule has 118 valence electrons. The molecule has 2 aromatic carbocycles. The quantitative estimate of drug-likeness (QED) is 0.913. The van der Waals surface area contributed by atoms with Gasteiger partial charge in [0.2, 0.25) is 5.91 Å². The van der Waals surface area contributed by atoms with E-state index in [1.807, 2.05) is 19.1 Å². The van der Waals surface area contributed by atoms with E-state index in [9.17, 15) is 13.2 Å². The lowest BCUT2D eigenvalue weighted by molar-refractivity contribution is -0.113. The first-order chi connectivity index (χ1) is 10.9. The zero-order valence-electron chi connectivity index (χ0n) is 12.6. The number of anilines is 1. The van der Waals surface area contributed by atoms with E-state index in [1.165, 1.54) is 0 Å². The molecule has 1 N–H and O–H groups in total. The van der Waals surface area contributed by atoms with Crippen LogP contribution in [0.2, 0.25) is 0 Å². The number of nitriles is 1. The van der Waals surface area contributed by atoms with Gasteiger partial charge in [-0.3, -0.25) is 4.79 Å². The SMILES string of the molecule is Cc1cccc(NC(=O)CS(=O)(=O)Cc2ccc(C#N)cc2)c1. The van der Waals surface area contributed by atoms with E-state index in [4.69, 9.17) is 5.26 Å². The van der Waals surface area contributed by atoms with E-state index in [-0.39, 0.29) is 5.75 Å². The number of hydrogen-bond acceptors (Lipinski definition) is 4. The van der Waals surface area contributed by atoms with E-state index in [0.717, 1.165) is 5.56 Å². The van der Waals surface area contributed by atoms with Gasteiger partial charge in [-0.1, -0.05) is 24.3 Å². The number of benzene rings is 2. The number of hydrogen-bond donors (Lipinski definition) is 1. The summed E-state index contributed by atoms with van der Waals surface area (Å²) in [6.45, 7) is 1.89. The lowest BCUT2D eigenvalue weighted by Gasteiger charge is -2.07. The van der Waals surface area contributed by atoms with Crippen molar-refractivity contribution in [1.29, 1.82) is 5.26 Å². The number of nitrogens with zero attached hydrogens (tertiary/aromatic N) is 1. The van der Waals surface area contributed by atoms with E-state index < -0.39 is 21.5 Å². The van der Waals surface area contributed by atoms with Crippen LogP contribution in [-0.4, -0.2) is 20.1 Å². The van der Waals surface area contributed by atoms with Crippen LogP contribution in [0.5, 0.6) is 0 Å². The van der Waals surface area contributed by atoms with Crippen molar-refractivity contribution in [3.63, 3.8) is 0 Å². The second kappa shape index (κ2) is 7.07. The highest BCUT2D eigenvalue weighted by Crippen LogP contribution is 2.11. The average Bonchev–Trinajstić information content (AvgIpc) is 2.46. The van der Waals surface area contributed by atoms with Gasteiger partial charge in [0, 0.05) is 5.69 Å². The zero-order chi connectivity index (χ0) is 16.9. The Morgan fingerprint density at radius 1 is 1.17 bits per heavy atom. The molecule has 2 rings (SSSR count). The van der Waals surface area contributed by atoms with Crippen LogP contribution in [-0.2, 0) is 20.4 Å². The van der Waals surface area contributed by atoms with E-state index in [2.05, 4.69) is 5.32 Å². The first-order valence-corrected chi connectivity index (χ1v) is 8.76. The summed E-state index contributed by atoms with van der Waals surface area (Å²) in [7, 11) is -3.58. The van der Waals surface area contributed by atoms with Gasteiger partial charge < -0.3 is 5.32 Å². The molecule has 0 aliphatic rings. The van der Waals surface area contributed by atoms with Crippen LogP contribution >= 0.6 is 0 Å². The lowest BCUT2D eigenvalue weighted by atomic mass is 10.2. The molecule has 0 heterocycles. The standard InChI is InChI=1S/C17H16N2O3S/c1-13-3-2-4-16(9-13)19-17(20)12-23(21,22)11-15-7-5-14(10-18)6-8-15/h2-9H,11-12H2,1H3,(H,19,20). The molecule has 0 saturated heterocycles. The summed E-state index contributed by atoms with van der Waals surface area (Å²) in [4.78, 5) is 11.9. The maximum atomic E-state index is 12.1. The van der Waals surface area contributed by atoms with Crippen molar-refractivity contribution in [2.24, 2.45) is 0 Å². The number of rotatable bonds is 5. The molecule has 0 aromatic heterocycles. The summed E-state index contributed by atoms with van der Waals surface area (Å²) >= 11 is 0. The van der Waals surface area contributed by atoms with Crippen molar-refractivity contribution in [2.45, 2.75) is 12.7 Å². The predicted octanol–water partition coefficient (Wildman–Crippen LogP) is 2.42. The summed E-state index contributed by atoms with van der Waals surface area (Å²) < 4.78 is 24.2. The Bertz CT molecular complexity index is 850. The first-order valence-electron chi connectivity index (χ1n) is 6.94. The van der Waals surface area contributed by atoms with E-state index >= 15 is 0 Å². The number of carbonyl (C=O) groups excluding carboxylic acids is 1. The summed E-state index contributed by atoms with van der Waals surface area (Å²) in [6.07, 6.45) is 0. The molecular formula is C17H16N2O3S. The first kappa shape index (κ1) is 16.7. The molecule has 0 saturated carbocycles. The minimum Gasteiger partial charge on any atom is -0.325 e. The maximum absolute atomic E-state index is 12.1.